The second kappa shape index (κ2) is 6.14. The first-order valence-electron chi connectivity index (χ1n) is 6.85. The largest absolute Gasteiger partial charge is 0.275 e. The van der Waals surface area contributed by atoms with Gasteiger partial charge in [-0.05, 0) is 12.8 Å². The van der Waals surface area contributed by atoms with Crippen LogP contribution in [0.4, 0.5) is 0 Å². The van der Waals surface area contributed by atoms with Gasteiger partial charge < -0.3 is 0 Å². The average Bonchev–Trinajstić information content (AvgIpc) is 3.07. The molecule has 1 aliphatic carbocycles. The number of thioether (sulfide) groups is 1. The van der Waals surface area contributed by atoms with Crippen molar-refractivity contribution < 1.29 is 0 Å². The third-order valence-electron chi connectivity index (χ3n) is 3.49. The van der Waals surface area contributed by atoms with Crippen LogP contribution < -0.4 is 0 Å². The maximum absolute atomic E-state index is 6.11. The standard InChI is InChI=1S/C14H17ClN4S/c1-19-8-10(7-16-19)12-6-13(15)18-14(17-12)9-20-11-4-2-3-5-11/h6-8,11H,2-5,9H2,1H3. The molecule has 2 aromatic heterocycles. The fourth-order valence-electron chi connectivity index (χ4n) is 2.48. The zero-order chi connectivity index (χ0) is 13.9. The molecular weight excluding hydrogens is 292 g/mol. The monoisotopic (exact) mass is 308 g/mol. The lowest BCUT2D eigenvalue weighted by molar-refractivity contribution is 0.768. The van der Waals surface area contributed by atoms with Crippen molar-refractivity contribution in [2.75, 3.05) is 0 Å². The van der Waals surface area contributed by atoms with Crippen LogP contribution in [-0.4, -0.2) is 25.0 Å². The molecule has 0 unspecified atom stereocenters. The third-order valence-corrected chi connectivity index (χ3v) is 5.05. The van der Waals surface area contributed by atoms with E-state index in [2.05, 4.69) is 15.1 Å². The molecule has 1 saturated carbocycles. The van der Waals surface area contributed by atoms with Crippen molar-refractivity contribution in [2.45, 2.75) is 36.7 Å². The highest BCUT2D eigenvalue weighted by atomic mass is 35.5. The van der Waals surface area contributed by atoms with Crippen LogP contribution >= 0.6 is 23.4 Å². The molecule has 106 valence electrons. The van der Waals surface area contributed by atoms with Gasteiger partial charge in [-0.25, -0.2) is 9.97 Å². The Morgan fingerprint density at radius 1 is 1.35 bits per heavy atom. The van der Waals surface area contributed by atoms with Gasteiger partial charge in [-0.3, -0.25) is 4.68 Å². The Kier molecular flexibility index (Phi) is 4.27. The molecule has 0 N–H and O–H groups in total. The summed E-state index contributed by atoms with van der Waals surface area (Å²) in [5.41, 5.74) is 1.82. The molecule has 0 amide bonds. The van der Waals surface area contributed by atoms with Gasteiger partial charge in [-0.1, -0.05) is 24.4 Å². The summed E-state index contributed by atoms with van der Waals surface area (Å²) in [5, 5.41) is 5.43. The van der Waals surface area contributed by atoms with E-state index in [0.29, 0.717) is 5.15 Å². The van der Waals surface area contributed by atoms with Gasteiger partial charge in [0.25, 0.3) is 0 Å². The summed E-state index contributed by atoms with van der Waals surface area (Å²) in [5.74, 6) is 1.65. The van der Waals surface area contributed by atoms with Crippen LogP contribution in [0, 0.1) is 0 Å². The van der Waals surface area contributed by atoms with Crippen LogP contribution in [0.15, 0.2) is 18.5 Å². The van der Waals surface area contributed by atoms with Gasteiger partial charge in [0, 0.05) is 30.1 Å². The first kappa shape index (κ1) is 13.9. The molecule has 1 fully saturated rings. The molecule has 4 nitrogen and oxygen atoms in total. The highest BCUT2D eigenvalue weighted by Crippen LogP contribution is 2.31. The van der Waals surface area contributed by atoms with E-state index < -0.39 is 0 Å². The Morgan fingerprint density at radius 3 is 2.85 bits per heavy atom. The SMILES string of the molecule is Cn1cc(-c2cc(Cl)nc(CSC3CCCC3)n2)cn1. The first-order chi connectivity index (χ1) is 9.70. The number of aryl methyl sites for hydroxylation is 1. The van der Waals surface area contributed by atoms with E-state index >= 15 is 0 Å². The van der Waals surface area contributed by atoms with Gasteiger partial charge in [0.15, 0.2) is 0 Å². The van der Waals surface area contributed by atoms with Gasteiger partial charge in [-0.15, -0.1) is 0 Å². The second-order valence-electron chi connectivity index (χ2n) is 5.11. The molecule has 3 rings (SSSR count). The van der Waals surface area contributed by atoms with E-state index in [-0.39, 0.29) is 0 Å². The number of aromatic nitrogens is 4. The summed E-state index contributed by atoms with van der Waals surface area (Å²) in [4.78, 5) is 8.94. The maximum atomic E-state index is 6.11. The predicted octanol–water partition coefficient (Wildman–Crippen LogP) is 3.71. The van der Waals surface area contributed by atoms with Crippen molar-refractivity contribution in [1.29, 1.82) is 0 Å². The normalized spacial score (nSPS) is 15.9. The molecule has 1 aliphatic rings. The zero-order valence-electron chi connectivity index (χ0n) is 11.4. The van der Waals surface area contributed by atoms with Crippen LogP contribution in [0.25, 0.3) is 11.3 Å². The topological polar surface area (TPSA) is 43.6 Å². The number of halogens is 1. The summed E-state index contributed by atoms with van der Waals surface area (Å²) in [7, 11) is 1.89. The summed E-state index contributed by atoms with van der Waals surface area (Å²) in [6.45, 7) is 0. The Hall–Kier alpha value is -1.07. The smallest absolute Gasteiger partial charge is 0.140 e. The van der Waals surface area contributed by atoms with E-state index in [9.17, 15) is 0 Å². The van der Waals surface area contributed by atoms with Crippen LogP contribution in [-0.2, 0) is 12.8 Å². The Morgan fingerprint density at radius 2 is 2.15 bits per heavy atom. The zero-order valence-corrected chi connectivity index (χ0v) is 13.0. The van der Waals surface area contributed by atoms with Crippen molar-refractivity contribution in [1.82, 2.24) is 19.7 Å². The van der Waals surface area contributed by atoms with E-state index in [0.717, 1.165) is 28.1 Å². The van der Waals surface area contributed by atoms with E-state index in [1.54, 1.807) is 16.9 Å². The summed E-state index contributed by atoms with van der Waals surface area (Å²) < 4.78 is 1.76. The molecule has 0 saturated heterocycles. The van der Waals surface area contributed by atoms with E-state index in [1.165, 1.54) is 25.7 Å². The molecule has 0 aliphatic heterocycles. The van der Waals surface area contributed by atoms with Crippen molar-refractivity contribution >= 4 is 23.4 Å². The van der Waals surface area contributed by atoms with Crippen molar-refractivity contribution in [3.63, 3.8) is 0 Å². The highest BCUT2D eigenvalue weighted by molar-refractivity contribution is 7.99. The van der Waals surface area contributed by atoms with E-state index in [4.69, 9.17) is 11.6 Å². The highest BCUT2D eigenvalue weighted by Gasteiger charge is 2.16. The fourth-order valence-corrected chi connectivity index (χ4v) is 3.86. The van der Waals surface area contributed by atoms with E-state index in [1.807, 2.05) is 25.0 Å². The summed E-state index contributed by atoms with van der Waals surface area (Å²) in [6, 6.07) is 1.79. The number of rotatable bonds is 4. The minimum atomic E-state index is 0.501. The summed E-state index contributed by atoms with van der Waals surface area (Å²) in [6.07, 6.45) is 9.09. The van der Waals surface area contributed by atoms with Gasteiger partial charge in [0.2, 0.25) is 0 Å². The Balaban J connectivity index is 1.75. The molecule has 0 spiro atoms. The molecule has 0 atom stereocenters. The number of hydrogen-bond acceptors (Lipinski definition) is 4. The van der Waals surface area contributed by atoms with Crippen molar-refractivity contribution in [3.8, 4) is 11.3 Å². The molecule has 0 radical (unpaired) electrons. The lowest BCUT2D eigenvalue weighted by Crippen LogP contribution is -2.00. The van der Waals surface area contributed by atoms with Crippen LogP contribution in [0.5, 0.6) is 0 Å². The molecule has 0 bridgehead atoms. The van der Waals surface area contributed by atoms with Gasteiger partial charge in [0.1, 0.15) is 11.0 Å². The van der Waals surface area contributed by atoms with Crippen LogP contribution in [0.1, 0.15) is 31.5 Å². The predicted molar refractivity (Wildman–Crippen MR) is 82.8 cm³/mol. The minimum Gasteiger partial charge on any atom is -0.275 e. The quantitative estimate of drug-likeness (QED) is 0.808. The molecule has 2 heterocycles. The van der Waals surface area contributed by atoms with Crippen LogP contribution in [0.3, 0.4) is 0 Å². The lowest BCUT2D eigenvalue weighted by atomic mass is 10.2. The summed E-state index contributed by atoms with van der Waals surface area (Å²) >= 11 is 8.06. The molecule has 2 aromatic rings. The molecule has 20 heavy (non-hydrogen) atoms. The van der Waals surface area contributed by atoms with Gasteiger partial charge in [0.05, 0.1) is 17.6 Å². The minimum absolute atomic E-state index is 0.501. The lowest BCUT2D eigenvalue weighted by Gasteiger charge is -2.08. The Labute approximate surface area is 128 Å². The number of hydrogen-bond donors (Lipinski definition) is 0. The second-order valence-corrected chi connectivity index (χ2v) is 6.79. The van der Waals surface area contributed by atoms with Gasteiger partial charge >= 0.3 is 0 Å². The van der Waals surface area contributed by atoms with Crippen molar-refractivity contribution in [2.24, 2.45) is 7.05 Å². The third kappa shape index (κ3) is 3.33. The number of nitrogens with zero attached hydrogens (tertiary/aromatic N) is 4. The Bertz CT molecular complexity index is 593. The molecular formula is C14H17ClN4S. The fraction of sp³-hybridized carbons (Fsp3) is 0.500. The molecule has 6 heteroatoms. The first-order valence-corrected chi connectivity index (χ1v) is 8.27. The van der Waals surface area contributed by atoms with Crippen molar-refractivity contribution in [3.05, 3.63) is 29.4 Å². The maximum Gasteiger partial charge on any atom is 0.140 e. The van der Waals surface area contributed by atoms with Gasteiger partial charge in [-0.2, -0.15) is 16.9 Å². The average molecular weight is 309 g/mol. The molecule has 0 aromatic carbocycles. The van der Waals surface area contributed by atoms with Crippen LogP contribution in [0.2, 0.25) is 5.15 Å².